The third-order valence-corrected chi connectivity index (χ3v) is 4.15. The fourth-order valence-electron chi connectivity index (χ4n) is 2.72. The molecule has 12 heavy (non-hydrogen) atoms. The third kappa shape index (κ3) is 0.900. The molecule has 2 aliphatic rings. The summed E-state index contributed by atoms with van der Waals surface area (Å²) in [5.74, 6) is 1.51. The summed E-state index contributed by atoms with van der Waals surface area (Å²) in [6.07, 6.45) is 1.94. The number of carbonyl (C=O) groups excluding carboxylic acids is 1. The fourth-order valence-corrected chi connectivity index (χ4v) is 2.72. The zero-order valence-electron chi connectivity index (χ0n) is 8.05. The maximum atomic E-state index is 11.2. The SMILES string of the molecule is C[C@@H]1[C@@H]2C[C@H](CC(=O)N2)C1(C)C. The van der Waals surface area contributed by atoms with E-state index in [0.717, 1.165) is 6.42 Å². The normalized spacial score (nSPS) is 44.2. The van der Waals surface area contributed by atoms with Crippen LogP contribution in [0.4, 0.5) is 0 Å². The highest BCUT2D eigenvalue weighted by Crippen LogP contribution is 2.50. The van der Waals surface area contributed by atoms with Crippen molar-refractivity contribution in [1.29, 1.82) is 0 Å². The average Bonchev–Trinajstić information content (AvgIpc) is 2.14. The van der Waals surface area contributed by atoms with Gasteiger partial charge in [-0.2, -0.15) is 0 Å². The van der Waals surface area contributed by atoms with Crippen LogP contribution in [0.25, 0.3) is 0 Å². The summed E-state index contributed by atoms with van der Waals surface area (Å²) in [5, 5.41) is 3.07. The van der Waals surface area contributed by atoms with Crippen molar-refractivity contribution in [3.05, 3.63) is 0 Å². The Kier molecular flexibility index (Phi) is 1.51. The van der Waals surface area contributed by atoms with Crippen LogP contribution in [0.1, 0.15) is 33.6 Å². The molecule has 2 heteroatoms. The van der Waals surface area contributed by atoms with Crippen molar-refractivity contribution < 1.29 is 4.79 Å². The van der Waals surface area contributed by atoms with Crippen LogP contribution >= 0.6 is 0 Å². The number of rotatable bonds is 0. The number of amides is 1. The predicted molar refractivity (Wildman–Crippen MR) is 47.6 cm³/mol. The molecule has 0 aromatic rings. The monoisotopic (exact) mass is 167 g/mol. The van der Waals surface area contributed by atoms with E-state index in [-0.39, 0.29) is 5.91 Å². The van der Waals surface area contributed by atoms with Crippen LogP contribution in [0, 0.1) is 17.3 Å². The minimum Gasteiger partial charge on any atom is -0.353 e. The summed E-state index contributed by atoms with van der Waals surface area (Å²) in [7, 11) is 0. The van der Waals surface area contributed by atoms with Gasteiger partial charge < -0.3 is 5.32 Å². The number of nitrogens with one attached hydrogen (secondary N) is 1. The van der Waals surface area contributed by atoms with E-state index in [1.165, 1.54) is 6.42 Å². The van der Waals surface area contributed by atoms with Crippen LogP contribution in [0.15, 0.2) is 0 Å². The van der Waals surface area contributed by atoms with Crippen molar-refractivity contribution in [3.8, 4) is 0 Å². The third-order valence-electron chi connectivity index (χ3n) is 4.15. The zero-order valence-corrected chi connectivity index (χ0v) is 8.05. The maximum Gasteiger partial charge on any atom is 0.220 e. The van der Waals surface area contributed by atoms with Crippen LogP contribution in [0.5, 0.6) is 0 Å². The highest BCUT2D eigenvalue weighted by atomic mass is 16.1. The smallest absolute Gasteiger partial charge is 0.220 e. The van der Waals surface area contributed by atoms with Gasteiger partial charge in [0.2, 0.25) is 5.91 Å². The van der Waals surface area contributed by atoms with Crippen molar-refractivity contribution in [1.82, 2.24) is 5.32 Å². The van der Waals surface area contributed by atoms with Crippen LogP contribution in [0.3, 0.4) is 0 Å². The summed E-state index contributed by atoms with van der Waals surface area (Å²) in [5.41, 5.74) is 0.351. The summed E-state index contributed by atoms with van der Waals surface area (Å²) >= 11 is 0. The van der Waals surface area contributed by atoms with Gasteiger partial charge in [0.25, 0.3) is 0 Å². The summed E-state index contributed by atoms with van der Waals surface area (Å²) in [6, 6.07) is 0.450. The van der Waals surface area contributed by atoms with Gasteiger partial charge >= 0.3 is 0 Å². The van der Waals surface area contributed by atoms with E-state index < -0.39 is 0 Å². The van der Waals surface area contributed by atoms with E-state index in [2.05, 4.69) is 26.1 Å². The number of carbonyl (C=O) groups is 1. The zero-order chi connectivity index (χ0) is 8.93. The molecule has 1 aliphatic heterocycles. The maximum absolute atomic E-state index is 11.2. The molecule has 1 N–H and O–H groups in total. The van der Waals surface area contributed by atoms with Crippen molar-refractivity contribution in [3.63, 3.8) is 0 Å². The largest absolute Gasteiger partial charge is 0.353 e. The van der Waals surface area contributed by atoms with Gasteiger partial charge in [-0.25, -0.2) is 0 Å². The topological polar surface area (TPSA) is 29.1 Å². The van der Waals surface area contributed by atoms with E-state index >= 15 is 0 Å². The number of hydrogen-bond donors (Lipinski definition) is 1. The molecule has 1 saturated carbocycles. The quantitative estimate of drug-likeness (QED) is 0.583. The molecule has 0 aromatic heterocycles. The number of hydrogen-bond acceptors (Lipinski definition) is 1. The first-order chi connectivity index (χ1) is 5.51. The Hall–Kier alpha value is -0.530. The summed E-state index contributed by atoms with van der Waals surface area (Å²) in [4.78, 5) is 11.2. The number of piperidine rings is 1. The average molecular weight is 167 g/mol. The molecule has 1 saturated heterocycles. The van der Waals surface area contributed by atoms with Crippen molar-refractivity contribution in [2.75, 3.05) is 0 Å². The summed E-state index contributed by atoms with van der Waals surface area (Å²) in [6.45, 7) is 6.85. The van der Waals surface area contributed by atoms with Crippen molar-refractivity contribution in [2.45, 2.75) is 39.7 Å². The van der Waals surface area contributed by atoms with Crippen LogP contribution in [-0.2, 0) is 4.79 Å². The van der Waals surface area contributed by atoms with E-state index in [1.54, 1.807) is 0 Å². The molecule has 0 radical (unpaired) electrons. The van der Waals surface area contributed by atoms with Gasteiger partial charge in [-0.05, 0) is 23.7 Å². The summed E-state index contributed by atoms with van der Waals surface area (Å²) < 4.78 is 0. The lowest BCUT2D eigenvalue weighted by molar-refractivity contribution is -0.124. The van der Waals surface area contributed by atoms with Gasteiger partial charge in [-0.1, -0.05) is 20.8 Å². The Morgan fingerprint density at radius 3 is 2.75 bits per heavy atom. The van der Waals surface area contributed by atoms with E-state index in [0.29, 0.717) is 23.3 Å². The standard InChI is InChI=1S/C10H17NO/c1-6-8-4-7(10(6,2)3)5-9(12)11-8/h6-8H,4-5H2,1-3H3,(H,11,12)/t6-,7-,8+/m1/s1. The Bertz CT molecular complexity index is 222. The molecule has 68 valence electrons. The van der Waals surface area contributed by atoms with Crippen molar-refractivity contribution in [2.24, 2.45) is 17.3 Å². The van der Waals surface area contributed by atoms with Gasteiger partial charge in [0, 0.05) is 12.5 Å². The second kappa shape index (κ2) is 2.24. The molecule has 0 spiro atoms. The first-order valence-corrected chi connectivity index (χ1v) is 4.81. The minimum absolute atomic E-state index is 0.258. The molecule has 2 nitrogen and oxygen atoms in total. The second-order valence-corrected chi connectivity index (χ2v) is 4.92. The van der Waals surface area contributed by atoms with E-state index in [9.17, 15) is 4.79 Å². The van der Waals surface area contributed by atoms with Crippen molar-refractivity contribution >= 4 is 5.91 Å². The second-order valence-electron chi connectivity index (χ2n) is 4.92. The predicted octanol–water partition coefficient (Wildman–Crippen LogP) is 1.56. The molecule has 2 rings (SSSR count). The lowest BCUT2D eigenvalue weighted by Gasteiger charge is -2.29. The van der Waals surface area contributed by atoms with Gasteiger partial charge in [0.1, 0.15) is 0 Å². The molecule has 1 heterocycles. The van der Waals surface area contributed by atoms with Gasteiger partial charge in [0.15, 0.2) is 0 Å². The Morgan fingerprint density at radius 1 is 1.50 bits per heavy atom. The minimum atomic E-state index is 0.258. The highest BCUT2D eigenvalue weighted by molar-refractivity contribution is 5.78. The van der Waals surface area contributed by atoms with E-state index in [1.807, 2.05) is 0 Å². The lowest BCUT2D eigenvalue weighted by Crippen LogP contribution is -2.39. The van der Waals surface area contributed by atoms with Gasteiger partial charge in [-0.3, -0.25) is 4.79 Å². The molecule has 0 aromatic carbocycles. The van der Waals surface area contributed by atoms with Gasteiger partial charge in [-0.15, -0.1) is 0 Å². The highest BCUT2D eigenvalue weighted by Gasteiger charge is 2.50. The Labute approximate surface area is 73.7 Å². The van der Waals surface area contributed by atoms with Crippen LogP contribution in [-0.4, -0.2) is 11.9 Å². The Morgan fingerprint density at radius 2 is 2.17 bits per heavy atom. The molecule has 2 bridgehead atoms. The first-order valence-electron chi connectivity index (χ1n) is 4.81. The van der Waals surface area contributed by atoms with Gasteiger partial charge in [0.05, 0.1) is 0 Å². The molecular weight excluding hydrogens is 150 g/mol. The van der Waals surface area contributed by atoms with E-state index in [4.69, 9.17) is 0 Å². The molecule has 1 aliphatic carbocycles. The Balaban J connectivity index is 2.28. The van der Waals surface area contributed by atoms with Crippen LogP contribution < -0.4 is 5.32 Å². The lowest BCUT2D eigenvalue weighted by atomic mass is 9.75. The molecule has 2 fully saturated rings. The number of fused-ring (bicyclic) bond motifs is 2. The molecule has 3 atom stereocenters. The molecule has 0 unspecified atom stereocenters. The first kappa shape index (κ1) is 8.09. The molecular formula is C10H17NO. The fraction of sp³-hybridized carbons (Fsp3) is 0.900. The molecule has 1 amide bonds. The van der Waals surface area contributed by atoms with Crippen LogP contribution in [0.2, 0.25) is 0 Å².